The van der Waals surface area contributed by atoms with Crippen LogP contribution in [0.1, 0.15) is 37.5 Å². The number of fused-ring (bicyclic) bond motifs is 2. The molecule has 1 aromatic heterocycles. The van der Waals surface area contributed by atoms with Crippen molar-refractivity contribution in [3.63, 3.8) is 0 Å². The van der Waals surface area contributed by atoms with E-state index in [1.54, 1.807) is 18.4 Å². The molecule has 0 aliphatic heterocycles. The van der Waals surface area contributed by atoms with Gasteiger partial charge in [0.15, 0.2) is 5.13 Å². The van der Waals surface area contributed by atoms with Gasteiger partial charge in [-0.3, -0.25) is 0 Å². The highest BCUT2D eigenvalue weighted by Gasteiger charge is 2.41. The van der Waals surface area contributed by atoms with Crippen LogP contribution in [-0.2, 0) is 6.54 Å². The molecule has 21 heavy (non-hydrogen) atoms. The lowest BCUT2D eigenvalue weighted by molar-refractivity contribution is 0.259. The summed E-state index contributed by atoms with van der Waals surface area (Å²) in [5, 5.41) is 4.73. The molecule has 118 valence electrons. The summed E-state index contributed by atoms with van der Waals surface area (Å²) >= 11 is 1.72. The predicted octanol–water partition coefficient (Wildman–Crippen LogP) is 3.13. The Balaban J connectivity index is 1.59. The van der Waals surface area contributed by atoms with Gasteiger partial charge in [-0.25, -0.2) is 0 Å². The minimum absolute atomic E-state index is 0.593. The zero-order valence-electron chi connectivity index (χ0n) is 13.6. The lowest BCUT2D eigenvalue weighted by atomic mass is 9.84. The molecular formula is C16H27N3OS. The van der Waals surface area contributed by atoms with Crippen LogP contribution in [0, 0.1) is 17.8 Å². The molecule has 2 saturated carbocycles. The summed E-state index contributed by atoms with van der Waals surface area (Å²) in [7, 11) is 5.75. The van der Waals surface area contributed by atoms with Crippen LogP contribution in [-0.4, -0.2) is 32.2 Å². The molecule has 5 heteroatoms. The van der Waals surface area contributed by atoms with Gasteiger partial charge in [0.05, 0.1) is 12.0 Å². The zero-order valence-corrected chi connectivity index (χ0v) is 14.4. The maximum absolute atomic E-state index is 5.42. The summed E-state index contributed by atoms with van der Waals surface area (Å²) in [4.78, 5) is 7.77. The molecule has 1 heterocycles. The third kappa shape index (κ3) is 3.04. The summed E-state index contributed by atoms with van der Waals surface area (Å²) < 4.78 is 5.42. The molecule has 0 spiro atoms. The summed E-state index contributed by atoms with van der Waals surface area (Å²) in [6.07, 6.45) is 5.84. The largest absolute Gasteiger partial charge is 0.480 e. The lowest BCUT2D eigenvalue weighted by Crippen LogP contribution is -2.35. The molecular weight excluding hydrogens is 282 g/mol. The van der Waals surface area contributed by atoms with Crippen LogP contribution < -0.4 is 15.0 Å². The van der Waals surface area contributed by atoms with Gasteiger partial charge in [0.1, 0.15) is 0 Å². The number of thiazole rings is 1. The Labute approximate surface area is 131 Å². The first-order chi connectivity index (χ1) is 10.1. The molecule has 2 bridgehead atoms. The number of ether oxygens (including phenoxy) is 1. The van der Waals surface area contributed by atoms with Gasteiger partial charge in [0.25, 0.3) is 0 Å². The van der Waals surface area contributed by atoms with Crippen molar-refractivity contribution in [2.75, 3.05) is 26.1 Å². The first-order valence-electron chi connectivity index (χ1n) is 8.03. The van der Waals surface area contributed by atoms with Crippen molar-refractivity contribution >= 4 is 16.5 Å². The van der Waals surface area contributed by atoms with Gasteiger partial charge < -0.3 is 15.0 Å². The van der Waals surface area contributed by atoms with Crippen molar-refractivity contribution in [1.29, 1.82) is 0 Å². The highest BCUT2D eigenvalue weighted by Crippen LogP contribution is 2.49. The Bertz CT molecular complexity index is 488. The molecule has 2 fully saturated rings. The van der Waals surface area contributed by atoms with E-state index in [-0.39, 0.29) is 0 Å². The molecule has 2 aliphatic carbocycles. The maximum Gasteiger partial charge on any atom is 0.230 e. The van der Waals surface area contributed by atoms with Crippen LogP contribution in [0.4, 0.5) is 5.13 Å². The number of nitrogens with zero attached hydrogens (tertiary/aromatic N) is 2. The molecule has 2 aliphatic rings. The van der Waals surface area contributed by atoms with E-state index in [0.29, 0.717) is 6.04 Å². The fourth-order valence-electron chi connectivity index (χ4n) is 4.10. The Morgan fingerprint density at radius 2 is 2.19 bits per heavy atom. The van der Waals surface area contributed by atoms with Crippen LogP contribution >= 0.6 is 11.3 Å². The van der Waals surface area contributed by atoms with Crippen molar-refractivity contribution in [2.45, 2.75) is 45.2 Å². The van der Waals surface area contributed by atoms with Gasteiger partial charge in [-0.05, 0) is 43.9 Å². The summed E-state index contributed by atoms with van der Waals surface area (Å²) in [6, 6.07) is 0.593. The van der Waals surface area contributed by atoms with Crippen LogP contribution in [0.25, 0.3) is 0 Å². The van der Waals surface area contributed by atoms with E-state index >= 15 is 0 Å². The highest BCUT2D eigenvalue weighted by molar-refractivity contribution is 7.15. The molecule has 0 amide bonds. The second-order valence-electron chi connectivity index (χ2n) is 6.83. The molecule has 4 nitrogen and oxygen atoms in total. The number of aromatic nitrogens is 1. The van der Waals surface area contributed by atoms with Crippen LogP contribution in [0.15, 0.2) is 0 Å². The molecule has 3 rings (SSSR count). The SMILES string of the molecule is COc1nc(N(C)C)sc1CNC(C)C1CC2CCC1C2. The molecule has 0 saturated heterocycles. The maximum atomic E-state index is 5.42. The van der Waals surface area contributed by atoms with Crippen molar-refractivity contribution < 1.29 is 4.74 Å². The monoisotopic (exact) mass is 309 g/mol. The smallest absolute Gasteiger partial charge is 0.230 e. The van der Waals surface area contributed by atoms with Crippen molar-refractivity contribution in [3.05, 3.63) is 4.88 Å². The summed E-state index contributed by atoms with van der Waals surface area (Å²) in [5.41, 5.74) is 0. The molecule has 1 aromatic rings. The normalized spacial score (nSPS) is 28.9. The van der Waals surface area contributed by atoms with Gasteiger partial charge in [0, 0.05) is 26.7 Å². The average molecular weight is 309 g/mol. The molecule has 0 aromatic carbocycles. The Hall–Kier alpha value is -0.810. The number of hydrogen-bond donors (Lipinski definition) is 1. The van der Waals surface area contributed by atoms with E-state index in [4.69, 9.17) is 4.74 Å². The topological polar surface area (TPSA) is 37.4 Å². The van der Waals surface area contributed by atoms with Gasteiger partial charge in [-0.2, -0.15) is 4.98 Å². The Morgan fingerprint density at radius 3 is 2.76 bits per heavy atom. The molecule has 4 atom stereocenters. The molecule has 0 radical (unpaired) electrons. The first kappa shape index (κ1) is 15.1. The summed E-state index contributed by atoms with van der Waals surface area (Å²) in [5.74, 6) is 3.63. The highest BCUT2D eigenvalue weighted by atomic mass is 32.1. The fourth-order valence-corrected chi connectivity index (χ4v) is 5.00. The summed E-state index contributed by atoms with van der Waals surface area (Å²) in [6.45, 7) is 3.22. The minimum atomic E-state index is 0.593. The predicted molar refractivity (Wildman–Crippen MR) is 88.2 cm³/mol. The first-order valence-corrected chi connectivity index (χ1v) is 8.84. The van der Waals surface area contributed by atoms with Crippen molar-refractivity contribution in [3.8, 4) is 5.88 Å². The number of nitrogens with one attached hydrogen (secondary N) is 1. The third-order valence-electron chi connectivity index (χ3n) is 5.25. The minimum Gasteiger partial charge on any atom is -0.480 e. The molecule has 4 unspecified atom stereocenters. The van der Waals surface area contributed by atoms with Gasteiger partial charge >= 0.3 is 0 Å². The van der Waals surface area contributed by atoms with Crippen molar-refractivity contribution in [2.24, 2.45) is 17.8 Å². The second kappa shape index (κ2) is 6.13. The molecule has 1 N–H and O–H groups in total. The van der Waals surface area contributed by atoms with Gasteiger partial charge in [-0.1, -0.05) is 17.8 Å². The number of methoxy groups -OCH3 is 1. The standard InChI is InChI=1S/C16H27N3OS/c1-10(13-8-11-5-6-12(13)7-11)17-9-14-15(20-4)18-16(21-14)19(2)3/h10-13,17H,5-9H2,1-4H3. The number of anilines is 1. The van der Waals surface area contributed by atoms with Gasteiger partial charge in [-0.15, -0.1) is 0 Å². The van der Waals surface area contributed by atoms with E-state index in [1.807, 2.05) is 19.0 Å². The van der Waals surface area contributed by atoms with Crippen LogP contribution in [0.2, 0.25) is 0 Å². The van der Waals surface area contributed by atoms with E-state index in [9.17, 15) is 0 Å². The average Bonchev–Trinajstić information content (AvgIpc) is 3.18. The van der Waals surface area contributed by atoms with Gasteiger partial charge in [0.2, 0.25) is 5.88 Å². The lowest BCUT2D eigenvalue weighted by Gasteiger charge is -2.28. The van der Waals surface area contributed by atoms with E-state index in [2.05, 4.69) is 17.2 Å². The third-order valence-corrected chi connectivity index (χ3v) is 6.45. The second-order valence-corrected chi connectivity index (χ2v) is 7.89. The zero-order chi connectivity index (χ0) is 15.0. The van der Waals surface area contributed by atoms with E-state index < -0.39 is 0 Å². The van der Waals surface area contributed by atoms with E-state index in [1.165, 1.54) is 30.6 Å². The Kier molecular flexibility index (Phi) is 4.41. The van der Waals surface area contributed by atoms with E-state index in [0.717, 1.165) is 35.3 Å². The fraction of sp³-hybridized carbons (Fsp3) is 0.812. The van der Waals surface area contributed by atoms with Crippen molar-refractivity contribution in [1.82, 2.24) is 10.3 Å². The number of rotatable bonds is 6. The Morgan fingerprint density at radius 1 is 1.38 bits per heavy atom. The van der Waals surface area contributed by atoms with Crippen LogP contribution in [0.3, 0.4) is 0 Å². The number of hydrogen-bond acceptors (Lipinski definition) is 5. The quantitative estimate of drug-likeness (QED) is 0.876. The van der Waals surface area contributed by atoms with Crippen LogP contribution in [0.5, 0.6) is 5.88 Å².